The molecule has 0 radical (unpaired) electrons. The molecule has 0 aromatic heterocycles. The Morgan fingerprint density at radius 2 is 1.15 bits per heavy atom. The Hall–Kier alpha value is 0.0144. The second-order valence-electron chi connectivity index (χ2n) is 0.577. The maximum absolute atomic E-state index is 9.39. The molecule has 0 aliphatic rings. The van der Waals surface area contributed by atoms with Crippen LogP contribution in [0.25, 0.3) is 0 Å². The summed E-state index contributed by atoms with van der Waals surface area (Å²) in [5, 5.41) is 0. The summed E-state index contributed by atoms with van der Waals surface area (Å²) in [5.74, 6) is 0. The molecule has 0 fully saturated rings. The molecule has 0 bridgehead atoms. The van der Waals surface area contributed by atoms with Crippen molar-refractivity contribution in [1.29, 1.82) is 0 Å². The van der Waals surface area contributed by atoms with Crippen LogP contribution in [-0.2, 0) is 33.8 Å². The van der Waals surface area contributed by atoms with E-state index in [1.165, 1.54) is 0 Å². The summed E-state index contributed by atoms with van der Waals surface area (Å²) in [7, 11) is -4.45. The summed E-state index contributed by atoms with van der Waals surface area (Å²) in [5.41, 5.74) is 0. The number of rotatable bonds is 2. The van der Waals surface area contributed by atoms with Crippen LogP contribution in [0.1, 0.15) is 0 Å². The van der Waals surface area contributed by atoms with Crippen LogP contribution in [0.3, 0.4) is 0 Å². The Kier molecular flexibility index (Phi) is 90.7. The molecule has 0 spiro atoms. The molecule has 0 rings (SSSR count). The molecule has 0 saturated carbocycles. The maximum atomic E-state index is 9.39. The van der Waals surface area contributed by atoms with Gasteiger partial charge in [-0.1, -0.05) is 0 Å². The third-order valence-corrected chi connectivity index (χ3v) is 1.54. The molecule has 13 heavy (non-hydrogen) atoms. The van der Waals surface area contributed by atoms with Crippen LogP contribution in [-0.4, -0.2) is 45.8 Å². The first-order valence-electron chi connectivity index (χ1n) is 1.05. The van der Waals surface area contributed by atoms with Crippen molar-refractivity contribution in [1.82, 2.24) is 0 Å². The van der Waals surface area contributed by atoms with E-state index < -0.39 is 27.0 Å². The molecule has 13 heteroatoms. The second kappa shape index (κ2) is 22.7. The van der Waals surface area contributed by atoms with Crippen molar-refractivity contribution >= 4 is 10.4 Å². The standard InChI is InChI=1S/H2O4S.6H2O.O.V/c1-5(2,3)4;;;;;;;;/h(H2,1,2,3,4);6*1H2;;/q;;;;;;;;+1/p-1. The Balaban J connectivity index is -0.0000000120. The molecule has 0 saturated heterocycles. The van der Waals surface area contributed by atoms with E-state index in [2.05, 4.69) is 3.11 Å². The van der Waals surface area contributed by atoms with E-state index in [-0.39, 0.29) is 32.9 Å². The van der Waals surface area contributed by atoms with E-state index >= 15 is 0 Å². The average Bonchev–Trinajstić information content (AvgIpc) is 1.30. The van der Waals surface area contributed by atoms with Gasteiger partial charge in [0.2, 0.25) is 0 Å². The fourth-order valence-corrected chi connectivity index (χ4v) is 0.476. The molecule has 0 aliphatic heterocycles. The van der Waals surface area contributed by atoms with Crippen molar-refractivity contribution in [2.45, 2.75) is 0 Å². The van der Waals surface area contributed by atoms with Gasteiger partial charge in [-0.15, -0.1) is 0 Å². The quantitative estimate of drug-likeness (QED) is 0.479. The summed E-state index contributed by atoms with van der Waals surface area (Å²) >= 11 is -1.95. The van der Waals surface area contributed by atoms with Crippen LogP contribution < -0.4 is 0 Å². The third-order valence-electron chi connectivity index (χ3n) is 0.125. The first-order valence-corrected chi connectivity index (χ1v) is 3.55. The van der Waals surface area contributed by atoms with Gasteiger partial charge in [0.1, 0.15) is 0 Å². The molecule has 0 aromatic carbocycles. The van der Waals surface area contributed by atoms with Crippen molar-refractivity contribution in [2.24, 2.45) is 0 Å². The molecule has 0 atom stereocenters. The molecule has 0 heterocycles. The molecule has 0 unspecified atom stereocenters. The number of hydrogen-bond acceptors (Lipinski definition) is 4. The molecule has 11 nitrogen and oxygen atoms in total. The van der Waals surface area contributed by atoms with Gasteiger partial charge in [0, 0.05) is 0 Å². The van der Waals surface area contributed by atoms with Crippen LogP contribution in [0.5, 0.6) is 0 Å². The topological polar surface area (TPSA) is 270 Å². The van der Waals surface area contributed by atoms with Gasteiger partial charge in [-0.05, 0) is 0 Å². The van der Waals surface area contributed by atoms with Gasteiger partial charge in [-0.2, -0.15) is 0 Å². The summed E-state index contributed by atoms with van der Waals surface area (Å²) in [6.07, 6.45) is 0. The van der Waals surface area contributed by atoms with E-state index in [4.69, 9.17) is 4.55 Å². The van der Waals surface area contributed by atoms with Gasteiger partial charge < -0.3 is 32.9 Å². The van der Waals surface area contributed by atoms with E-state index in [0.29, 0.717) is 0 Å². The Bertz CT molecular complexity index is 143. The Morgan fingerprint density at radius 3 is 1.15 bits per heavy atom. The first kappa shape index (κ1) is 51.9. The molecule has 0 amide bonds. The predicted molar refractivity (Wildman–Crippen MR) is 35.0 cm³/mol. The fraction of sp³-hybridized carbons (Fsp3) is 0. The van der Waals surface area contributed by atoms with E-state index in [9.17, 15) is 12.1 Å². The Labute approximate surface area is 80.2 Å². The van der Waals surface area contributed by atoms with E-state index in [0.717, 1.165) is 0 Å². The van der Waals surface area contributed by atoms with Gasteiger partial charge in [-0.3, -0.25) is 0 Å². The summed E-state index contributed by atoms with van der Waals surface area (Å²) in [4.78, 5) is 0. The monoisotopic (exact) mass is 272 g/mol. The molecular formula is H13O11SV. The zero-order chi connectivity index (χ0) is 5.91. The predicted octanol–water partition coefficient (Wildman–Crippen LogP) is -5.80. The minimum atomic E-state index is -4.45. The molecule has 13 N–H and O–H groups in total. The van der Waals surface area contributed by atoms with Crippen LogP contribution in [0.4, 0.5) is 0 Å². The van der Waals surface area contributed by atoms with Gasteiger partial charge in [0.25, 0.3) is 0 Å². The van der Waals surface area contributed by atoms with Crippen LogP contribution >= 0.6 is 0 Å². The second-order valence-corrected chi connectivity index (χ2v) is 2.51. The Morgan fingerprint density at radius 1 is 0.923 bits per heavy atom. The van der Waals surface area contributed by atoms with Crippen molar-refractivity contribution < 1.29 is 69.2 Å². The first-order chi connectivity index (χ1) is 3.06. The van der Waals surface area contributed by atoms with E-state index in [1.807, 2.05) is 0 Å². The molecule has 0 aromatic rings. The van der Waals surface area contributed by atoms with E-state index in [1.54, 1.807) is 0 Å². The van der Waals surface area contributed by atoms with Gasteiger partial charge in [0.15, 0.2) is 0 Å². The van der Waals surface area contributed by atoms with Gasteiger partial charge >= 0.3 is 46.7 Å². The molecular weight excluding hydrogens is 259 g/mol. The molecule has 90 valence electrons. The number of hydrogen-bond donors (Lipinski definition) is 1. The van der Waals surface area contributed by atoms with Crippen molar-refractivity contribution in [3.63, 3.8) is 0 Å². The average molecular weight is 272 g/mol. The zero-order valence-electron chi connectivity index (χ0n) is 5.94. The van der Waals surface area contributed by atoms with Crippen molar-refractivity contribution in [3.05, 3.63) is 0 Å². The SMILES string of the molecule is O.O.O.O.O.O.[O]=[V][O]S(=O)(=O)O. The van der Waals surface area contributed by atoms with Crippen LogP contribution in [0, 0.1) is 0 Å². The normalized spacial score (nSPS) is 5.92. The minimum absolute atomic E-state index is 0. The van der Waals surface area contributed by atoms with Gasteiger partial charge in [-0.25, -0.2) is 0 Å². The van der Waals surface area contributed by atoms with Crippen LogP contribution in [0.15, 0.2) is 0 Å². The van der Waals surface area contributed by atoms with Gasteiger partial charge in [0.05, 0.1) is 0 Å². The summed E-state index contributed by atoms with van der Waals surface area (Å²) in [6, 6.07) is 0. The van der Waals surface area contributed by atoms with Crippen molar-refractivity contribution in [3.8, 4) is 0 Å². The van der Waals surface area contributed by atoms with Crippen molar-refractivity contribution in [2.75, 3.05) is 0 Å². The van der Waals surface area contributed by atoms with Crippen LogP contribution in [0.2, 0.25) is 0 Å². The third kappa shape index (κ3) is 74.8. The summed E-state index contributed by atoms with van der Waals surface area (Å²) in [6.45, 7) is 0. The molecule has 0 aliphatic carbocycles. The fourth-order valence-electron chi connectivity index (χ4n) is 0.0385. The summed E-state index contributed by atoms with van der Waals surface area (Å²) < 4.78 is 38.9. The zero-order valence-corrected chi connectivity index (χ0v) is 8.15.